The van der Waals surface area contributed by atoms with Gasteiger partial charge in [0.1, 0.15) is 5.82 Å². The summed E-state index contributed by atoms with van der Waals surface area (Å²) in [6.07, 6.45) is 6.87. The quantitative estimate of drug-likeness (QED) is 0.789. The first-order valence-corrected chi connectivity index (χ1v) is 10.9. The van der Waals surface area contributed by atoms with Crippen molar-refractivity contribution in [1.29, 1.82) is 0 Å². The number of nitrogens with zero attached hydrogens (tertiary/aromatic N) is 4. The van der Waals surface area contributed by atoms with E-state index in [2.05, 4.69) is 56.3 Å². The normalized spacial score (nSPS) is 19.4. The monoisotopic (exact) mass is 409 g/mol. The van der Waals surface area contributed by atoms with Crippen LogP contribution in [0.25, 0.3) is 0 Å². The molecule has 30 heavy (non-hydrogen) atoms. The van der Waals surface area contributed by atoms with Gasteiger partial charge < -0.3 is 15.0 Å². The van der Waals surface area contributed by atoms with Gasteiger partial charge in [0.05, 0.1) is 25.5 Å². The van der Waals surface area contributed by atoms with Crippen LogP contribution in [0.15, 0.2) is 42.9 Å². The number of rotatable bonds is 6. The fraction of sp³-hybridized carbons (Fsp3) is 0.522. The van der Waals surface area contributed by atoms with Crippen molar-refractivity contribution in [2.24, 2.45) is 5.92 Å². The van der Waals surface area contributed by atoms with Gasteiger partial charge in [-0.2, -0.15) is 0 Å². The molecule has 1 aromatic heterocycles. The molecule has 160 valence electrons. The van der Waals surface area contributed by atoms with Crippen LogP contribution in [0.3, 0.4) is 0 Å². The molecule has 2 fully saturated rings. The van der Waals surface area contributed by atoms with Gasteiger partial charge in [-0.05, 0) is 25.3 Å². The van der Waals surface area contributed by atoms with E-state index >= 15 is 0 Å². The van der Waals surface area contributed by atoms with Gasteiger partial charge in [-0.25, -0.2) is 4.98 Å². The molecule has 3 heterocycles. The molecular formula is C23H31N5O2. The number of aryl methyl sites for hydroxylation is 1. The van der Waals surface area contributed by atoms with E-state index in [1.165, 1.54) is 11.1 Å². The Morgan fingerprint density at radius 2 is 2.00 bits per heavy atom. The smallest absolute Gasteiger partial charge is 0.223 e. The van der Waals surface area contributed by atoms with Crippen molar-refractivity contribution in [2.45, 2.75) is 25.8 Å². The molecule has 0 bridgehead atoms. The first kappa shape index (κ1) is 20.8. The van der Waals surface area contributed by atoms with Gasteiger partial charge in [0.15, 0.2) is 0 Å². The number of piperidine rings is 1. The third-order valence-corrected chi connectivity index (χ3v) is 6.12. The SMILES string of the molecule is Cc1cccc(C(CNC(=O)C2CCN(c3cnccn3)CC2)N2CCOCC2)c1. The molecule has 4 rings (SSSR count). The average Bonchev–Trinajstić information content (AvgIpc) is 2.80. The number of anilines is 1. The van der Waals surface area contributed by atoms with Gasteiger partial charge in [0.2, 0.25) is 5.91 Å². The summed E-state index contributed by atoms with van der Waals surface area (Å²) >= 11 is 0. The predicted octanol–water partition coefficient (Wildman–Crippen LogP) is 2.19. The Bertz CT molecular complexity index is 817. The Kier molecular flexibility index (Phi) is 6.92. The number of ether oxygens (including phenoxy) is 1. The van der Waals surface area contributed by atoms with Crippen LogP contribution >= 0.6 is 0 Å². The van der Waals surface area contributed by atoms with E-state index in [0.29, 0.717) is 6.54 Å². The maximum absolute atomic E-state index is 12.9. The van der Waals surface area contributed by atoms with Crippen molar-refractivity contribution >= 4 is 11.7 Å². The molecule has 1 unspecified atom stereocenters. The molecule has 0 radical (unpaired) electrons. The Morgan fingerprint density at radius 1 is 1.20 bits per heavy atom. The summed E-state index contributed by atoms with van der Waals surface area (Å²) in [6, 6.07) is 8.79. The minimum Gasteiger partial charge on any atom is -0.379 e. The number of aromatic nitrogens is 2. The van der Waals surface area contributed by atoms with E-state index in [4.69, 9.17) is 4.74 Å². The first-order chi connectivity index (χ1) is 14.7. The molecular weight excluding hydrogens is 378 g/mol. The number of hydrogen-bond donors (Lipinski definition) is 1. The lowest BCUT2D eigenvalue weighted by atomic mass is 9.95. The molecule has 2 aliphatic heterocycles. The second kappa shape index (κ2) is 10.00. The van der Waals surface area contributed by atoms with Gasteiger partial charge in [0, 0.05) is 51.0 Å². The fourth-order valence-electron chi connectivity index (χ4n) is 4.39. The minimum atomic E-state index is 0.0563. The highest BCUT2D eigenvalue weighted by Gasteiger charge is 2.28. The van der Waals surface area contributed by atoms with Crippen molar-refractivity contribution < 1.29 is 9.53 Å². The molecule has 1 N–H and O–H groups in total. The molecule has 1 amide bonds. The van der Waals surface area contributed by atoms with Crippen LogP contribution in [0.2, 0.25) is 0 Å². The van der Waals surface area contributed by atoms with Crippen molar-refractivity contribution in [2.75, 3.05) is 50.8 Å². The molecule has 7 heteroatoms. The Labute approximate surface area is 178 Å². The van der Waals surface area contributed by atoms with E-state index in [-0.39, 0.29) is 17.9 Å². The van der Waals surface area contributed by atoms with Crippen molar-refractivity contribution in [3.63, 3.8) is 0 Å². The molecule has 2 aliphatic rings. The molecule has 0 spiro atoms. The molecule has 7 nitrogen and oxygen atoms in total. The van der Waals surface area contributed by atoms with Crippen LogP contribution < -0.4 is 10.2 Å². The molecule has 0 saturated carbocycles. The van der Waals surface area contributed by atoms with Gasteiger partial charge in [0.25, 0.3) is 0 Å². The Balaban J connectivity index is 1.34. The summed E-state index contributed by atoms with van der Waals surface area (Å²) in [5, 5.41) is 3.25. The zero-order valence-electron chi connectivity index (χ0n) is 17.7. The number of hydrogen-bond acceptors (Lipinski definition) is 6. The lowest BCUT2D eigenvalue weighted by Crippen LogP contribution is -2.46. The third kappa shape index (κ3) is 5.15. The van der Waals surface area contributed by atoms with E-state index in [9.17, 15) is 4.79 Å². The van der Waals surface area contributed by atoms with Gasteiger partial charge >= 0.3 is 0 Å². The van der Waals surface area contributed by atoms with Crippen LogP contribution in [0.1, 0.15) is 30.0 Å². The highest BCUT2D eigenvalue weighted by molar-refractivity contribution is 5.79. The van der Waals surface area contributed by atoms with Crippen molar-refractivity contribution in [3.05, 3.63) is 54.0 Å². The number of morpholine rings is 1. The van der Waals surface area contributed by atoms with Gasteiger partial charge in [-0.3, -0.25) is 14.7 Å². The maximum Gasteiger partial charge on any atom is 0.223 e. The van der Waals surface area contributed by atoms with E-state index in [1.807, 2.05) is 0 Å². The van der Waals surface area contributed by atoms with Crippen molar-refractivity contribution in [3.8, 4) is 0 Å². The van der Waals surface area contributed by atoms with Gasteiger partial charge in [-0.1, -0.05) is 29.8 Å². The first-order valence-electron chi connectivity index (χ1n) is 10.9. The second-order valence-corrected chi connectivity index (χ2v) is 8.15. The zero-order valence-corrected chi connectivity index (χ0v) is 17.7. The van der Waals surface area contributed by atoms with Crippen LogP contribution in [0.5, 0.6) is 0 Å². The minimum absolute atomic E-state index is 0.0563. The number of benzene rings is 1. The van der Waals surface area contributed by atoms with E-state index in [1.54, 1.807) is 18.6 Å². The number of carbonyl (C=O) groups is 1. The lowest BCUT2D eigenvalue weighted by molar-refractivity contribution is -0.126. The summed E-state index contributed by atoms with van der Waals surface area (Å²) in [6.45, 7) is 7.70. The topological polar surface area (TPSA) is 70.6 Å². The molecule has 1 aromatic carbocycles. The Morgan fingerprint density at radius 3 is 2.70 bits per heavy atom. The van der Waals surface area contributed by atoms with Crippen LogP contribution in [-0.4, -0.2) is 66.7 Å². The van der Waals surface area contributed by atoms with Crippen molar-refractivity contribution in [1.82, 2.24) is 20.2 Å². The summed E-state index contributed by atoms with van der Waals surface area (Å²) in [5.74, 6) is 1.11. The van der Waals surface area contributed by atoms with Crippen LogP contribution in [-0.2, 0) is 9.53 Å². The van der Waals surface area contributed by atoms with Crippen LogP contribution in [0.4, 0.5) is 5.82 Å². The lowest BCUT2D eigenvalue weighted by Gasteiger charge is -2.36. The standard InChI is InChI=1S/C23H31N5O2/c1-18-3-2-4-20(15-18)21(27-11-13-30-14-12-27)16-26-23(29)19-5-9-28(10-6-19)22-17-24-7-8-25-22/h2-4,7-8,15,17,19,21H,5-6,9-14,16H2,1H3,(H,26,29). The van der Waals surface area contributed by atoms with E-state index in [0.717, 1.165) is 58.1 Å². The number of nitrogens with one attached hydrogen (secondary N) is 1. The van der Waals surface area contributed by atoms with Gasteiger partial charge in [-0.15, -0.1) is 0 Å². The summed E-state index contributed by atoms with van der Waals surface area (Å²) in [5.41, 5.74) is 2.50. The molecule has 0 aliphatic carbocycles. The second-order valence-electron chi connectivity index (χ2n) is 8.15. The largest absolute Gasteiger partial charge is 0.379 e. The number of amides is 1. The van der Waals surface area contributed by atoms with E-state index < -0.39 is 0 Å². The average molecular weight is 410 g/mol. The summed E-state index contributed by atoms with van der Waals surface area (Å²) in [4.78, 5) is 26.1. The summed E-state index contributed by atoms with van der Waals surface area (Å²) in [7, 11) is 0. The third-order valence-electron chi connectivity index (χ3n) is 6.12. The fourth-order valence-corrected chi connectivity index (χ4v) is 4.39. The molecule has 1 atom stereocenters. The van der Waals surface area contributed by atoms with Crippen LogP contribution in [0, 0.1) is 12.8 Å². The maximum atomic E-state index is 12.9. The molecule has 2 aromatic rings. The predicted molar refractivity (Wildman–Crippen MR) is 116 cm³/mol. The summed E-state index contributed by atoms with van der Waals surface area (Å²) < 4.78 is 5.53. The Hall–Kier alpha value is -2.51. The highest BCUT2D eigenvalue weighted by Crippen LogP contribution is 2.24. The highest BCUT2D eigenvalue weighted by atomic mass is 16.5. The zero-order chi connectivity index (χ0) is 20.8. The molecule has 2 saturated heterocycles. The number of carbonyl (C=O) groups excluding carboxylic acids is 1.